The molecule has 0 spiro atoms. The molecule has 0 rings (SSSR count). The van der Waals surface area contributed by atoms with Crippen LogP contribution in [-0.4, -0.2) is 11.6 Å². The number of carboxylic acid groups (broad SMARTS) is 1. The molecule has 0 N–H and O–H groups in total. The lowest BCUT2D eigenvalue weighted by atomic mass is 11.7. The number of rotatable bonds is 0. The van der Waals surface area contributed by atoms with Crippen LogP contribution in [0.15, 0.2) is 0 Å². The molecule has 0 heterocycles. The molecule has 0 unspecified atom stereocenters. The Morgan fingerprint density at radius 3 is 1.43 bits per heavy atom. The van der Waals surface area contributed by atoms with Crippen molar-refractivity contribution in [3.05, 3.63) is 15.3 Å². The minimum Gasteiger partial charge on any atom is -0.554 e. The standard InChI is InChI=1S/CH2O2.NO3/c2-1-3;2-1(3)4/h1H,(H,2,3);/q;-1/p-1. The van der Waals surface area contributed by atoms with Crippen LogP contribution in [0.4, 0.5) is 0 Å². The van der Waals surface area contributed by atoms with Crippen molar-refractivity contribution in [3.8, 4) is 0 Å². The molecule has 7 heavy (non-hydrogen) atoms. The molecule has 0 aromatic carbocycles. The van der Waals surface area contributed by atoms with Crippen LogP contribution >= 0.6 is 0 Å². The van der Waals surface area contributed by atoms with E-state index in [1.54, 1.807) is 0 Å². The van der Waals surface area contributed by atoms with Gasteiger partial charge in [0.1, 0.15) is 0 Å². The molecular weight excluding hydrogens is 106 g/mol. The van der Waals surface area contributed by atoms with Gasteiger partial charge in [0, 0.05) is 6.47 Å². The van der Waals surface area contributed by atoms with E-state index in [2.05, 4.69) is 0 Å². The molecule has 0 aliphatic rings. The molecule has 0 bridgehead atoms. The van der Waals surface area contributed by atoms with Crippen molar-refractivity contribution in [3.63, 3.8) is 0 Å². The van der Waals surface area contributed by atoms with Crippen molar-refractivity contribution in [2.45, 2.75) is 0 Å². The molecule has 6 heteroatoms. The van der Waals surface area contributed by atoms with E-state index < -0.39 is 11.6 Å². The second-order valence-electron chi connectivity index (χ2n) is 0.320. The zero-order chi connectivity index (χ0) is 6.28. The monoisotopic (exact) mass is 107 g/mol. The fraction of sp³-hybridized carbons (Fsp3) is 0. The van der Waals surface area contributed by atoms with E-state index in [0.29, 0.717) is 0 Å². The van der Waals surface area contributed by atoms with E-state index in [1.165, 1.54) is 0 Å². The maximum Gasteiger partial charge on any atom is 0.0689 e. The van der Waals surface area contributed by atoms with E-state index >= 15 is 0 Å². The smallest absolute Gasteiger partial charge is 0.0689 e. The Bertz CT molecular complexity index is 55.1. The fourth-order valence-corrected chi connectivity index (χ4v) is 0. The highest BCUT2D eigenvalue weighted by Gasteiger charge is 1.45. The number of carbonyl (C=O) groups excluding carboxylic acids is 1. The van der Waals surface area contributed by atoms with E-state index in [9.17, 15) is 0 Å². The van der Waals surface area contributed by atoms with Gasteiger partial charge in [-0.15, -0.1) is 0 Å². The summed E-state index contributed by atoms with van der Waals surface area (Å²) in [5.74, 6) is 0. The van der Waals surface area contributed by atoms with Gasteiger partial charge >= 0.3 is 0 Å². The van der Waals surface area contributed by atoms with Crippen molar-refractivity contribution in [2.24, 2.45) is 0 Å². The summed E-state index contributed by atoms with van der Waals surface area (Å²) in [4.78, 5) is 16.5. The van der Waals surface area contributed by atoms with Crippen LogP contribution in [0.3, 0.4) is 0 Å². The SMILES string of the molecule is O=C[O-].O=[N+]([O-])[O-]. The normalized spacial score (nSPS) is 5.14. The Hall–Kier alpha value is -1.33. The second kappa shape index (κ2) is 8.82. The maximum absolute atomic E-state index is 8.25. The largest absolute Gasteiger partial charge is 0.554 e. The average Bonchev–Trinajstić information content (AvgIpc) is 1.33. The summed E-state index contributed by atoms with van der Waals surface area (Å²) in [6.07, 6.45) is 0. The highest BCUT2D eigenvalue weighted by atomic mass is 16.9. The van der Waals surface area contributed by atoms with Gasteiger partial charge in [-0.3, -0.25) is 0 Å². The predicted octanol–water partition coefficient (Wildman–Crippen LogP) is -1.87. The lowest BCUT2D eigenvalue weighted by molar-refractivity contribution is -0.402. The molecule has 0 fully saturated rings. The van der Waals surface area contributed by atoms with Crippen LogP contribution in [0.2, 0.25) is 0 Å². The quantitative estimate of drug-likeness (QED) is 0.204. The molecule has 0 atom stereocenters. The summed E-state index contributed by atoms with van der Waals surface area (Å²) in [7, 11) is 0. The van der Waals surface area contributed by atoms with E-state index in [4.69, 9.17) is 25.2 Å². The molecule has 6 nitrogen and oxygen atoms in total. The molecule has 0 aliphatic carbocycles. The number of carbonyl (C=O) groups is 1. The highest BCUT2D eigenvalue weighted by Crippen LogP contribution is 1.44. The zero-order valence-electron chi connectivity index (χ0n) is 3.07. The third kappa shape index (κ3) is 18.8. The van der Waals surface area contributed by atoms with Gasteiger partial charge in [0.2, 0.25) is 0 Å². The summed E-state index contributed by atoms with van der Waals surface area (Å²) in [6, 6.07) is 0. The summed E-state index contributed by atoms with van der Waals surface area (Å²) in [5.41, 5.74) is 0. The van der Waals surface area contributed by atoms with Crippen molar-refractivity contribution in [1.29, 1.82) is 0 Å². The van der Waals surface area contributed by atoms with Crippen LogP contribution in [0.5, 0.6) is 0 Å². The molecule has 0 saturated carbocycles. The molecule has 0 amide bonds. The molecule has 0 radical (unpaired) electrons. The molecule has 0 aromatic rings. The zero-order valence-corrected chi connectivity index (χ0v) is 3.07. The Labute approximate surface area is 38.1 Å². The van der Waals surface area contributed by atoms with Gasteiger partial charge in [-0.05, 0) is 0 Å². The van der Waals surface area contributed by atoms with Crippen LogP contribution in [0.25, 0.3) is 0 Å². The Morgan fingerprint density at radius 2 is 1.43 bits per heavy atom. The molecular formula is CHNO5-2. The van der Waals surface area contributed by atoms with E-state index in [-0.39, 0.29) is 0 Å². The van der Waals surface area contributed by atoms with Gasteiger partial charge in [0.05, 0.1) is 5.09 Å². The Kier molecular flexibility index (Phi) is 11.6. The first-order valence-electron chi connectivity index (χ1n) is 1.02. The number of nitrogens with zero attached hydrogens (tertiary/aromatic N) is 1. The predicted molar refractivity (Wildman–Crippen MR) is 16.4 cm³/mol. The summed E-state index contributed by atoms with van der Waals surface area (Å²) >= 11 is 0. The summed E-state index contributed by atoms with van der Waals surface area (Å²) < 4.78 is 0. The molecule has 0 aromatic heterocycles. The van der Waals surface area contributed by atoms with Gasteiger partial charge < -0.3 is 25.2 Å². The first-order valence-corrected chi connectivity index (χ1v) is 1.02. The van der Waals surface area contributed by atoms with E-state index in [1.807, 2.05) is 0 Å². The van der Waals surface area contributed by atoms with Gasteiger partial charge in [-0.25, -0.2) is 0 Å². The Balaban J connectivity index is 0. The van der Waals surface area contributed by atoms with Gasteiger partial charge in [-0.1, -0.05) is 0 Å². The van der Waals surface area contributed by atoms with Gasteiger partial charge in [0.25, 0.3) is 0 Å². The van der Waals surface area contributed by atoms with Crippen molar-refractivity contribution in [1.82, 2.24) is 0 Å². The first-order chi connectivity index (χ1) is 3.15. The van der Waals surface area contributed by atoms with Crippen LogP contribution < -0.4 is 5.11 Å². The summed E-state index contributed by atoms with van der Waals surface area (Å²) in [5, 5.41) is 23.0. The van der Waals surface area contributed by atoms with Gasteiger partial charge in [0.15, 0.2) is 0 Å². The highest BCUT2D eigenvalue weighted by molar-refractivity contribution is 5.29. The van der Waals surface area contributed by atoms with Crippen molar-refractivity contribution >= 4 is 6.47 Å². The van der Waals surface area contributed by atoms with Crippen molar-refractivity contribution in [2.75, 3.05) is 0 Å². The average molecular weight is 107 g/mol. The third-order valence-corrected chi connectivity index (χ3v) is 0. The van der Waals surface area contributed by atoms with Crippen LogP contribution in [0, 0.1) is 15.3 Å². The summed E-state index contributed by atoms with van der Waals surface area (Å²) in [6.45, 7) is -0.500. The second-order valence-corrected chi connectivity index (χ2v) is 0.320. The molecule has 0 saturated heterocycles. The molecule has 0 aliphatic heterocycles. The topological polar surface area (TPSA) is 106 Å². The number of hydrogen-bond donors (Lipinski definition) is 0. The fourth-order valence-electron chi connectivity index (χ4n) is 0. The third-order valence-electron chi connectivity index (χ3n) is 0. The lowest BCUT2D eigenvalue weighted by Gasteiger charge is -1.74. The van der Waals surface area contributed by atoms with Crippen LogP contribution in [-0.2, 0) is 4.79 Å². The van der Waals surface area contributed by atoms with E-state index in [0.717, 1.165) is 0 Å². The molecule has 42 valence electrons. The first kappa shape index (κ1) is 9.18. The van der Waals surface area contributed by atoms with Gasteiger partial charge in [-0.2, -0.15) is 0 Å². The van der Waals surface area contributed by atoms with Crippen molar-refractivity contribution < 1.29 is 15.0 Å². The minimum absolute atomic E-state index is 0.500. The van der Waals surface area contributed by atoms with Crippen LogP contribution in [0.1, 0.15) is 0 Å². The maximum atomic E-state index is 8.25. The lowest BCUT2D eigenvalue weighted by Crippen LogP contribution is -2.01. The number of hydrogen-bond acceptors (Lipinski definition) is 5. The Morgan fingerprint density at radius 1 is 1.43 bits per heavy atom. The minimum atomic E-state index is -1.75.